The van der Waals surface area contributed by atoms with Crippen molar-refractivity contribution in [3.63, 3.8) is 0 Å². The summed E-state index contributed by atoms with van der Waals surface area (Å²) in [4.78, 5) is 12.1. The van der Waals surface area contributed by atoms with Crippen LogP contribution < -0.4 is 11.5 Å². The van der Waals surface area contributed by atoms with Crippen molar-refractivity contribution in [2.75, 3.05) is 5.73 Å². The van der Waals surface area contributed by atoms with Crippen LogP contribution in [0, 0.1) is 0 Å². The number of ether oxygens (including phenoxy) is 1. The third-order valence-electron chi connectivity index (χ3n) is 4.59. The maximum Gasteiger partial charge on any atom is 0.167 e. The summed E-state index contributed by atoms with van der Waals surface area (Å²) in [5.74, 6) is 0.252. The smallest absolute Gasteiger partial charge is 0.167 e. The highest BCUT2D eigenvalue weighted by Gasteiger charge is 2.62. The van der Waals surface area contributed by atoms with Crippen LogP contribution in [0.3, 0.4) is 0 Å². The molecular formula is C12H16N6O3. The molecule has 1 saturated heterocycles. The van der Waals surface area contributed by atoms with E-state index in [9.17, 15) is 10.2 Å². The number of aliphatic hydroxyl groups excluding tert-OH is 2. The van der Waals surface area contributed by atoms with Crippen LogP contribution in [0.25, 0.3) is 11.2 Å². The van der Waals surface area contributed by atoms with Gasteiger partial charge in [-0.25, -0.2) is 15.0 Å². The Bertz CT molecular complexity index is 705. The monoisotopic (exact) mass is 292 g/mol. The van der Waals surface area contributed by atoms with Gasteiger partial charge in [-0.2, -0.15) is 0 Å². The number of aliphatic hydroxyl groups is 2. The Morgan fingerprint density at radius 3 is 2.76 bits per heavy atom. The van der Waals surface area contributed by atoms with Crippen molar-refractivity contribution < 1.29 is 14.9 Å². The van der Waals surface area contributed by atoms with Crippen molar-refractivity contribution in [3.8, 4) is 0 Å². The molecule has 3 unspecified atom stereocenters. The molecule has 0 aromatic carbocycles. The van der Waals surface area contributed by atoms with Crippen molar-refractivity contribution >= 4 is 17.0 Å². The van der Waals surface area contributed by atoms with Crippen molar-refractivity contribution in [1.29, 1.82) is 0 Å². The second kappa shape index (κ2) is 4.10. The van der Waals surface area contributed by atoms with Gasteiger partial charge in [0.05, 0.1) is 6.33 Å². The number of aromatic nitrogens is 4. The maximum absolute atomic E-state index is 10.3. The zero-order chi connectivity index (χ0) is 14.8. The van der Waals surface area contributed by atoms with Crippen LogP contribution in [0.5, 0.6) is 0 Å². The minimum atomic E-state index is -1.11. The van der Waals surface area contributed by atoms with Gasteiger partial charge >= 0.3 is 0 Å². The Labute approximate surface area is 119 Å². The van der Waals surface area contributed by atoms with Crippen LogP contribution in [-0.4, -0.2) is 53.6 Å². The number of anilines is 1. The zero-order valence-corrected chi connectivity index (χ0v) is 11.1. The summed E-state index contributed by atoms with van der Waals surface area (Å²) < 4.78 is 7.47. The third kappa shape index (κ3) is 1.51. The predicted octanol–water partition coefficient (Wildman–Crippen LogP) is -1.48. The molecule has 21 heavy (non-hydrogen) atoms. The zero-order valence-electron chi connectivity index (χ0n) is 11.1. The van der Waals surface area contributed by atoms with Crippen LogP contribution in [0.2, 0.25) is 0 Å². The Kier molecular flexibility index (Phi) is 2.52. The predicted molar refractivity (Wildman–Crippen MR) is 71.8 cm³/mol. The molecule has 9 nitrogen and oxygen atoms in total. The first kappa shape index (κ1) is 12.9. The fraction of sp³-hybridized carbons (Fsp3) is 0.583. The lowest BCUT2D eigenvalue weighted by molar-refractivity contribution is -0.158. The first-order chi connectivity index (χ1) is 10.0. The number of nitrogens with two attached hydrogens (primary N) is 2. The molecule has 2 aromatic heterocycles. The van der Waals surface area contributed by atoms with E-state index >= 15 is 0 Å². The van der Waals surface area contributed by atoms with Crippen molar-refractivity contribution in [2.45, 2.75) is 42.9 Å². The van der Waals surface area contributed by atoms with Crippen LogP contribution in [-0.2, 0) is 4.74 Å². The molecule has 0 bridgehead atoms. The lowest BCUT2D eigenvalue weighted by Crippen LogP contribution is -2.63. The van der Waals surface area contributed by atoms with Crippen LogP contribution >= 0.6 is 0 Å². The van der Waals surface area contributed by atoms with E-state index in [-0.39, 0.29) is 11.9 Å². The minimum Gasteiger partial charge on any atom is -0.387 e. The van der Waals surface area contributed by atoms with Crippen LogP contribution in [0.15, 0.2) is 12.7 Å². The molecule has 1 saturated carbocycles. The van der Waals surface area contributed by atoms with E-state index in [0.29, 0.717) is 17.6 Å². The van der Waals surface area contributed by atoms with Gasteiger partial charge in [-0.15, -0.1) is 0 Å². The topological polar surface area (TPSA) is 145 Å². The van der Waals surface area contributed by atoms with E-state index in [0.717, 1.165) is 6.42 Å². The molecular weight excluding hydrogens is 276 g/mol. The molecule has 0 amide bonds. The Morgan fingerprint density at radius 1 is 1.33 bits per heavy atom. The van der Waals surface area contributed by atoms with Gasteiger partial charge in [-0.05, 0) is 12.8 Å². The third-order valence-corrected chi connectivity index (χ3v) is 4.59. The molecule has 0 radical (unpaired) electrons. The Balaban J connectivity index is 1.78. The van der Waals surface area contributed by atoms with E-state index in [1.54, 1.807) is 4.57 Å². The van der Waals surface area contributed by atoms with Gasteiger partial charge in [0.15, 0.2) is 17.7 Å². The highest BCUT2D eigenvalue weighted by atomic mass is 16.6. The number of imidazole rings is 1. The highest BCUT2D eigenvalue weighted by Crippen LogP contribution is 2.48. The second-order valence-corrected chi connectivity index (χ2v) is 5.63. The molecule has 2 aromatic rings. The number of nitrogen functional groups attached to an aromatic ring is 1. The molecule has 1 spiro atoms. The molecule has 6 N–H and O–H groups in total. The SMILES string of the molecule is Nc1ncnc2c1ncn2C1O[C@@]2(CC[C@H]2N)C(O)C1O. The molecule has 2 aliphatic rings. The highest BCUT2D eigenvalue weighted by molar-refractivity contribution is 5.81. The van der Waals surface area contributed by atoms with Gasteiger partial charge in [0.1, 0.15) is 29.7 Å². The second-order valence-electron chi connectivity index (χ2n) is 5.63. The average molecular weight is 292 g/mol. The molecule has 9 heteroatoms. The fourth-order valence-electron chi connectivity index (χ4n) is 3.20. The molecule has 112 valence electrons. The standard InChI is InChI=1S/C12H16N6O3/c13-5-1-2-12(5)8(20)7(19)11(21-12)18-4-17-6-9(14)15-3-16-10(6)18/h3-5,7-8,11,19-20H,1-2,13H2,(H2,14,15,16)/t5-,7?,8?,11?,12-/m1/s1. The van der Waals surface area contributed by atoms with Gasteiger partial charge in [0.2, 0.25) is 0 Å². The number of fused-ring (bicyclic) bond motifs is 1. The number of nitrogens with zero attached hydrogens (tertiary/aromatic N) is 4. The van der Waals surface area contributed by atoms with Crippen LogP contribution in [0.1, 0.15) is 19.1 Å². The average Bonchev–Trinajstić information content (AvgIpc) is 3.01. The van der Waals surface area contributed by atoms with E-state index in [2.05, 4.69) is 15.0 Å². The molecule has 1 aliphatic heterocycles. The summed E-state index contributed by atoms with van der Waals surface area (Å²) >= 11 is 0. The fourth-order valence-corrected chi connectivity index (χ4v) is 3.20. The summed E-state index contributed by atoms with van der Waals surface area (Å²) in [5, 5.41) is 20.6. The molecule has 2 fully saturated rings. The maximum atomic E-state index is 10.3. The van der Waals surface area contributed by atoms with Gasteiger partial charge in [-0.3, -0.25) is 4.57 Å². The number of hydrogen-bond donors (Lipinski definition) is 4. The van der Waals surface area contributed by atoms with Crippen molar-refractivity contribution in [3.05, 3.63) is 12.7 Å². The number of hydrogen-bond acceptors (Lipinski definition) is 8. The summed E-state index contributed by atoms with van der Waals surface area (Å²) in [6.07, 6.45) is 1.22. The summed E-state index contributed by atoms with van der Waals surface area (Å²) in [6, 6.07) is -0.290. The summed E-state index contributed by atoms with van der Waals surface area (Å²) in [5.41, 5.74) is 11.7. The van der Waals surface area contributed by atoms with Crippen molar-refractivity contribution in [2.24, 2.45) is 5.73 Å². The van der Waals surface area contributed by atoms with Gasteiger partial charge in [-0.1, -0.05) is 0 Å². The minimum absolute atomic E-state index is 0.252. The van der Waals surface area contributed by atoms with Gasteiger partial charge < -0.3 is 26.4 Å². The Morgan fingerprint density at radius 2 is 2.14 bits per heavy atom. The van der Waals surface area contributed by atoms with E-state index in [1.807, 2.05) is 0 Å². The number of rotatable bonds is 1. The first-order valence-electron chi connectivity index (χ1n) is 6.77. The van der Waals surface area contributed by atoms with Crippen molar-refractivity contribution in [1.82, 2.24) is 19.5 Å². The lowest BCUT2D eigenvalue weighted by Gasteiger charge is -2.46. The largest absolute Gasteiger partial charge is 0.387 e. The van der Waals surface area contributed by atoms with E-state index in [4.69, 9.17) is 16.2 Å². The Hall–Kier alpha value is -1.81. The first-order valence-corrected chi connectivity index (χ1v) is 6.77. The molecule has 1 aliphatic carbocycles. The van der Waals surface area contributed by atoms with E-state index < -0.39 is 24.0 Å². The lowest BCUT2D eigenvalue weighted by atomic mass is 9.71. The summed E-state index contributed by atoms with van der Waals surface area (Å²) in [7, 11) is 0. The van der Waals surface area contributed by atoms with Gasteiger partial charge in [0.25, 0.3) is 0 Å². The van der Waals surface area contributed by atoms with Crippen LogP contribution in [0.4, 0.5) is 5.82 Å². The van der Waals surface area contributed by atoms with E-state index in [1.165, 1.54) is 12.7 Å². The molecule has 4 rings (SSSR count). The van der Waals surface area contributed by atoms with Gasteiger partial charge in [0, 0.05) is 6.04 Å². The molecule has 3 heterocycles. The summed E-state index contributed by atoms with van der Waals surface area (Å²) in [6.45, 7) is 0. The normalized spacial score (nSPS) is 39.0. The molecule has 5 atom stereocenters. The quantitative estimate of drug-likeness (QED) is 0.498.